The number of pyridine rings is 4. The van der Waals surface area contributed by atoms with Gasteiger partial charge in [0.15, 0.2) is 22.7 Å². The number of nitrogens with zero attached hydrogens (tertiary/aromatic N) is 8. The average Bonchev–Trinajstić information content (AvgIpc) is 1.68. The Morgan fingerprint density at radius 1 is 0.626 bits per heavy atom. The molecule has 0 aliphatic carbocycles. The lowest BCUT2D eigenvalue weighted by Gasteiger charge is -2.32. The number of ether oxygens (including phenoxy) is 4. The largest absolute Gasteiger partial charge is 0.494 e. The first kappa shape index (κ1) is 68.6. The summed E-state index contributed by atoms with van der Waals surface area (Å²) in [5.74, 6) is 1.89. The third kappa shape index (κ3) is 15.2. The van der Waals surface area contributed by atoms with Gasteiger partial charge in [-0.25, -0.2) is 9.97 Å². The van der Waals surface area contributed by atoms with E-state index >= 15 is 0 Å². The monoisotopic (exact) mass is 1280 g/mol. The van der Waals surface area contributed by atoms with E-state index in [9.17, 15) is 20.1 Å². The molecular weight excluding hydrogens is 1200 g/mol. The molecule has 0 atom stereocenters. The summed E-state index contributed by atoms with van der Waals surface area (Å²) in [5.41, 5.74) is 10.9. The van der Waals surface area contributed by atoms with Crippen molar-refractivity contribution >= 4 is 82.0 Å². The normalized spacial score (nSPS) is 15.4. The van der Waals surface area contributed by atoms with E-state index in [1.165, 1.54) is 36.4 Å². The highest BCUT2D eigenvalue weighted by atomic mass is 35.5. The van der Waals surface area contributed by atoms with Crippen molar-refractivity contribution in [3.63, 3.8) is 0 Å². The molecule has 3 fully saturated rings. The molecule has 478 valence electrons. The molecule has 2 amide bonds. The van der Waals surface area contributed by atoms with E-state index in [-0.39, 0.29) is 53.3 Å². The molecule has 2 aromatic carbocycles. The Hall–Kier alpha value is -8.28. The maximum atomic E-state index is 12.5. The summed E-state index contributed by atoms with van der Waals surface area (Å²) in [6, 6.07) is 23.9. The van der Waals surface area contributed by atoms with Gasteiger partial charge in [-0.05, 0) is 124 Å². The Kier molecular flexibility index (Phi) is 22.1. The van der Waals surface area contributed by atoms with Crippen LogP contribution in [0, 0.1) is 22.7 Å². The predicted octanol–water partition coefficient (Wildman–Crippen LogP) is 13.1. The van der Waals surface area contributed by atoms with Crippen molar-refractivity contribution in [2.24, 2.45) is 0 Å². The zero-order valence-electron chi connectivity index (χ0n) is 54.1. The van der Waals surface area contributed by atoms with E-state index < -0.39 is 7.12 Å². The topological polar surface area (TPSA) is 245 Å². The summed E-state index contributed by atoms with van der Waals surface area (Å²) in [6.45, 7) is 19.4. The molecule has 91 heavy (non-hydrogen) atoms. The lowest BCUT2D eigenvalue weighted by molar-refractivity contribution is 0.00578. The summed E-state index contributed by atoms with van der Waals surface area (Å²) in [5, 5.41) is 27.1. The fourth-order valence-corrected chi connectivity index (χ4v) is 11.0. The summed E-state index contributed by atoms with van der Waals surface area (Å²) < 4.78 is 46.4. The SMILES string of the molecule is CC1(C)OB(c2ccc(NC3CCOCC3)c(C#N)c2)OC1(C)C.COc1cc(C(=O)N(C)C)cnc1-c1cc2ncc(C(C)C)c(-c3ccc(NC4CCOCC4)c(C#N)c3)c2o1.COc1cc(C(=O)N(C)C)cnc1-c1cc2ncc(C(C)C)c(Cl)c2o1.Cl. The smallest absolute Gasteiger partial charge is 0.494 e. The maximum absolute atomic E-state index is 12.5. The molecule has 8 aromatic rings. The van der Waals surface area contributed by atoms with Crippen LogP contribution in [-0.2, 0) is 18.8 Å². The van der Waals surface area contributed by atoms with Crippen LogP contribution in [0.3, 0.4) is 0 Å². The van der Waals surface area contributed by atoms with Crippen LogP contribution in [0.1, 0.15) is 136 Å². The zero-order valence-corrected chi connectivity index (χ0v) is 55.6. The van der Waals surface area contributed by atoms with Crippen molar-refractivity contribution in [2.45, 2.75) is 116 Å². The first-order valence-corrected chi connectivity index (χ1v) is 30.5. The standard InChI is InChI=1S/C31H33N5O4.C19H20ClN3O3.C18H25BN2O3.ClH/c1-18(2)23-17-33-25-14-27(29-26(38-5)13-21(16-34-29)31(37)36(3)4)40-30(25)28(23)19-6-7-24(20(12-19)15-32)35-22-8-10-39-11-9-22;1-10(2)12-9-21-13-7-15(26-18(13)16(12)20)17-14(25-5)6-11(8-22-17)19(24)23(3)4;1-17(2)18(3,4)24-19(23-17)14-5-6-16(13(11-14)12-20)21-15-7-9-22-10-8-15;/h6-7,12-14,16-18,22,35H,8-11H2,1-5H3;6-10H,1-5H3;5-6,11,15,21H,7-10H2,1-4H3;1H. The molecule has 0 saturated carbocycles. The minimum absolute atomic E-state index is 0. The Morgan fingerprint density at radius 2 is 1.07 bits per heavy atom. The van der Waals surface area contributed by atoms with E-state index in [1.54, 1.807) is 52.6 Å². The Balaban J connectivity index is 0.000000183. The minimum Gasteiger partial charge on any atom is -0.494 e. The summed E-state index contributed by atoms with van der Waals surface area (Å²) in [7, 11) is 9.35. The fourth-order valence-electron chi connectivity index (χ4n) is 10.6. The third-order valence-electron chi connectivity index (χ3n) is 16.5. The van der Waals surface area contributed by atoms with Crippen LogP contribution >= 0.6 is 24.0 Å². The number of hydrogen-bond donors (Lipinski definition) is 2. The first-order valence-electron chi connectivity index (χ1n) is 30.1. The average molecular weight is 1280 g/mol. The van der Waals surface area contributed by atoms with Gasteiger partial charge in [0.25, 0.3) is 11.8 Å². The fraction of sp³-hybridized carbons (Fsp3) is 0.412. The number of nitriles is 2. The number of methoxy groups -OCH3 is 2. The molecule has 0 unspecified atom stereocenters. The number of halogens is 2. The van der Waals surface area contributed by atoms with Gasteiger partial charge >= 0.3 is 7.12 Å². The highest BCUT2D eigenvalue weighted by molar-refractivity contribution is 6.62. The van der Waals surface area contributed by atoms with Crippen LogP contribution < -0.4 is 25.6 Å². The van der Waals surface area contributed by atoms with Crippen molar-refractivity contribution < 1.29 is 46.7 Å². The molecule has 3 aliphatic heterocycles. The van der Waals surface area contributed by atoms with E-state index in [0.717, 1.165) is 91.2 Å². The zero-order chi connectivity index (χ0) is 64.8. The van der Waals surface area contributed by atoms with Gasteiger partial charge in [-0.2, -0.15) is 10.5 Å². The van der Waals surface area contributed by atoms with E-state index in [4.69, 9.17) is 48.7 Å². The number of benzene rings is 2. The molecule has 9 heterocycles. The lowest BCUT2D eigenvalue weighted by atomic mass is 9.78. The minimum atomic E-state index is -0.445. The van der Waals surface area contributed by atoms with Crippen LogP contribution in [0.5, 0.6) is 11.5 Å². The van der Waals surface area contributed by atoms with Gasteiger partial charge in [0, 0.05) is 109 Å². The second kappa shape index (κ2) is 29.3. The molecule has 0 spiro atoms. The predicted molar refractivity (Wildman–Crippen MR) is 356 cm³/mol. The van der Waals surface area contributed by atoms with Gasteiger partial charge in [-0.1, -0.05) is 51.4 Å². The van der Waals surface area contributed by atoms with Crippen LogP contribution in [0.4, 0.5) is 11.4 Å². The number of amides is 2. The molecule has 2 N–H and O–H groups in total. The quantitative estimate of drug-likeness (QED) is 0.0961. The highest BCUT2D eigenvalue weighted by Gasteiger charge is 2.52. The molecule has 20 nitrogen and oxygen atoms in total. The van der Waals surface area contributed by atoms with Gasteiger partial charge in [-0.3, -0.25) is 19.6 Å². The maximum Gasteiger partial charge on any atom is 0.494 e. The van der Waals surface area contributed by atoms with Crippen molar-refractivity contribution in [3.8, 4) is 57.7 Å². The third-order valence-corrected chi connectivity index (χ3v) is 16.9. The van der Waals surface area contributed by atoms with Crippen LogP contribution in [0.15, 0.2) is 94.3 Å². The molecule has 3 aliphatic rings. The van der Waals surface area contributed by atoms with Crippen molar-refractivity contribution in [1.82, 2.24) is 29.7 Å². The number of furan rings is 2. The number of anilines is 2. The van der Waals surface area contributed by atoms with Gasteiger partial charge in [0.05, 0.1) is 64.1 Å². The van der Waals surface area contributed by atoms with Crippen LogP contribution in [-0.4, -0.2) is 141 Å². The summed E-state index contributed by atoms with van der Waals surface area (Å²) in [6.07, 6.45) is 10.4. The number of rotatable bonds is 14. The first-order chi connectivity index (χ1) is 42.9. The number of carbonyl (C=O) groups excluding carboxylic acids is 2. The Labute approximate surface area is 543 Å². The second-order valence-corrected chi connectivity index (χ2v) is 24.8. The van der Waals surface area contributed by atoms with Crippen LogP contribution in [0.2, 0.25) is 5.02 Å². The molecule has 11 rings (SSSR count). The van der Waals surface area contributed by atoms with Crippen molar-refractivity contribution in [1.29, 1.82) is 10.5 Å². The van der Waals surface area contributed by atoms with Gasteiger partial charge < -0.3 is 57.5 Å². The van der Waals surface area contributed by atoms with Crippen molar-refractivity contribution in [2.75, 3.05) is 79.5 Å². The summed E-state index contributed by atoms with van der Waals surface area (Å²) in [4.78, 5) is 45.5. The molecule has 23 heteroatoms. The summed E-state index contributed by atoms with van der Waals surface area (Å²) >= 11 is 6.48. The van der Waals surface area contributed by atoms with E-state index in [0.29, 0.717) is 89.9 Å². The molecular formula is C68H79BCl2N10O10. The molecule has 0 bridgehead atoms. The second-order valence-electron chi connectivity index (χ2n) is 24.5. The van der Waals surface area contributed by atoms with Gasteiger partial charge in [0.1, 0.15) is 46.1 Å². The number of carbonyl (C=O) groups is 2. The number of aromatic nitrogens is 4. The van der Waals surface area contributed by atoms with Gasteiger partial charge in [-0.15, -0.1) is 12.4 Å². The lowest BCUT2D eigenvalue weighted by Crippen LogP contribution is -2.41. The number of hydrogen-bond acceptors (Lipinski definition) is 18. The molecule has 3 saturated heterocycles. The number of nitrogens with one attached hydrogen (secondary N) is 2. The molecule has 0 radical (unpaired) electrons. The van der Waals surface area contributed by atoms with Crippen molar-refractivity contribution in [3.05, 3.63) is 124 Å². The molecule has 6 aromatic heterocycles. The Bertz CT molecular complexity index is 3990. The Morgan fingerprint density at radius 3 is 1.52 bits per heavy atom. The van der Waals surface area contributed by atoms with E-state index in [2.05, 4.69) is 56.6 Å². The van der Waals surface area contributed by atoms with Gasteiger partial charge in [0.2, 0.25) is 0 Å². The van der Waals surface area contributed by atoms with E-state index in [1.807, 2.05) is 90.2 Å². The number of fused-ring (bicyclic) bond motifs is 2. The van der Waals surface area contributed by atoms with Crippen LogP contribution in [0.25, 0.3) is 56.2 Å². The highest BCUT2D eigenvalue weighted by Crippen LogP contribution is 2.43.